The van der Waals surface area contributed by atoms with Gasteiger partial charge >= 0.3 is 0 Å². The maximum Gasteiger partial charge on any atom is 0.246 e. The molecule has 1 saturated heterocycles. The number of nitrogens with one attached hydrogen (secondary N) is 5. The van der Waals surface area contributed by atoms with Gasteiger partial charge < -0.3 is 45.7 Å². The molecule has 2 fully saturated rings. The van der Waals surface area contributed by atoms with Crippen LogP contribution in [-0.4, -0.2) is 121 Å². The van der Waals surface area contributed by atoms with Crippen molar-refractivity contribution in [3.8, 4) is 10.4 Å². The molecular weight excluding hydrogens is 891 g/mol. The van der Waals surface area contributed by atoms with Crippen molar-refractivity contribution in [1.82, 2.24) is 41.1 Å². The van der Waals surface area contributed by atoms with Crippen molar-refractivity contribution < 1.29 is 33.4 Å². The Morgan fingerprint density at radius 2 is 1.58 bits per heavy atom. The van der Waals surface area contributed by atoms with E-state index in [1.165, 1.54) is 11.3 Å². The summed E-state index contributed by atoms with van der Waals surface area (Å²) in [6, 6.07) is 12.6. The Balaban J connectivity index is 0.787. The number of pyridine rings is 1. The predicted octanol–water partition coefficient (Wildman–Crippen LogP) is 6.19. The highest BCUT2D eigenvalue weighted by atomic mass is 32.1. The SMILES string of the molecule is Cc1ncsc1-c1ccc(CNC(=O)[C@@H]2CCCN2C(=O)C(NC(=O)CCNCCOCCOCCOCCNC(=O)C2(Cc3cccc(Nc4nccs4)n3)CCCCC2)C(C)(C)C)cc1. The van der Waals surface area contributed by atoms with Crippen molar-refractivity contribution in [3.05, 3.63) is 76.5 Å². The van der Waals surface area contributed by atoms with Gasteiger partial charge in [0.25, 0.3) is 0 Å². The second kappa shape index (κ2) is 26.1. The molecule has 2 atom stereocenters. The van der Waals surface area contributed by atoms with Gasteiger partial charge in [0.15, 0.2) is 5.13 Å². The minimum Gasteiger partial charge on any atom is -0.378 e. The predicted molar refractivity (Wildman–Crippen MR) is 262 cm³/mol. The first-order valence-electron chi connectivity index (χ1n) is 23.6. The Morgan fingerprint density at radius 1 is 0.851 bits per heavy atom. The Bertz CT molecular complexity index is 2160. The van der Waals surface area contributed by atoms with E-state index in [1.807, 2.05) is 81.1 Å². The van der Waals surface area contributed by atoms with Crippen LogP contribution in [0.1, 0.15) is 89.1 Å². The van der Waals surface area contributed by atoms with Gasteiger partial charge in [-0.05, 0) is 61.3 Å². The lowest BCUT2D eigenvalue weighted by atomic mass is 9.70. The second-order valence-electron chi connectivity index (χ2n) is 18.3. The Labute approximate surface area is 403 Å². The third-order valence-electron chi connectivity index (χ3n) is 12.2. The molecule has 3 aromatic heterocycles. The van der Waals surface area contributed by atoms with Crippen molar-refractivity contribution in [2.75, 3.05) is 71.1 Å². The zero-order chi connectivity index (χ0) is 47.5. The minimum atomic E-state index is -0.777. The summed E-state index contributed by atoms with van der Waals surface area (Å²) in [5.74, 6) is 0.129. The molecular formula is C49H69N9O7S2. The monoisotopic (exact) mass is 959 g/mol. The summed E-state index contributed by atoms with van der Waals surface area (Å²) in [7, 11) is 0. The lowest BCUT2D eigenvalue weighted by Crippen LogP contribution is -2.57. The van der Waals surface area contributed by atoms with Gasteiger partial charge in [0.2, 0.25) is 23.6 Å². The first-order chi connectivity index (χ1) is 32.4. The molecule has 6 rings (SSSR count). The van der Waals surface area contributed by atoms with Gasteiger partial charge in [0.05, 0.1) is 61.1 Å². The van der Waals surface area contributed by atoms with Gasteiger partial charge in [0.1, 0.15) is 17.9 Å². The first kappa shape index (κ1) is 51.5. The van der Waals surface area contributed by atoms with E-state index in [0.29, 0.717) is 85.2 Å². The van der Waals surface area contributed by atoms with E-state index in [-0.39, 0.29) is 30.0 Å². The molecule has 18 heteroatoms. The number of ether oxygens (including phenoxy) is 3. The average Bonchev–Trinajstić information content (AvgIpc) is 4.12. The molecule has 1 aromatic carbocycles. The molecule has 0 radical (unpaired) electrons. The summed E-state index contributed by atoms with van der Waals surface area (Å²) in [5.41, 5.74) is 4.74. The number of aryl methyl sites for hydroxylation is 1. The molecule has 2 aliphatic rings. The van der Waals surface area contributed by atoms with Crippen LogP contribution in [0.3, 0.4) is 0 Å². The third kappa shape index (κ3) is 15.9. The number of benzene rings is 1. The van der Waals surface area contributed by atoms with Crippen molar-refractivity contribution in [3.63, 3.8) is 0 Å². The summed E-state index contributed by atoms with van der Waals surface area (Å²) < 4.78 is 17.0. The van der Waals surface area contributed by atoms with E-state index < -0.39 is 22.9 Å². The van der Waals surface area contributed by atoms with E-state index in [2.05, 4.69) is 36.6 Å². The number of anilines is 2. The molecule has 1 aliphatic carbocycles. The van der Waals surface area contributed by atoms with Gasteiger partial charge in [-0.25, -0.2) is 15.0 Å². The van der Waals surface area contributed by atoms with Gasteiger partial charge in [-0.2, -0.15) is 0 Å². The third-order valence-corrected chi connectivity index (χ3v) is 13.9. The van der Waals surface area contributed by atoms with E-state index in [9.17, 15) is 19.2 Å². The van der Waals surface area contributed by atoms with Crippen LogP contribution in [0.25, 0.3) is 10.4 Å². The van der Waals surface area contributed by atoms with Crippen molar-refractivity contribution in [2.45, 2.75) is 104 Å². The number of carbonyl (C=O) groups is 4. The van der Waals surface area contributed by atoms with Crippen LogP contribution >= 0.6 is 22.7 Å². The number of carbonyl (C=O) groups excluding carboxylic acids is 4. The normalized spacial score (nSPS) is 16.4. The zero-order valence-corrected chi connectivity index (χ0v) is 41.2. The summed E-state index contributed by atoms with van der Waals surface area (Å²) in [5, 5.41) is 18.3. The average molecular weight is 960 g/mol. The van der Waals surface area contributed by atoms with Gasteiger partial charge in [-0.1, -0.05) is 70.4 Å². The summed E-state index contributed by atoms with van der Waals surface area (Å²) >= 11 is 3.12. The Kier molecular flexibility index (Phi) is 20.0. The summed E-state index contributed by atoms with van der Waals surface area (Å²) in [6.45, 7) is 12.5. The fourth-order valence-electron chi connectivity index (χ4n) is 8.55. The molecule has 364 valence electrons. The van der Waals surface area contributed by atoms with E-state index in [4.69, 9.17) is 19.2 Å². The van der Waals surface area contributed by atoms with Crippen LogP contribution in [0.2, 0.25) is 0 Å². The molecule has 16 nitrogen and oxygen atoms in total. The van der Waals surface area contributed by atoms with Crippen LogP contribution in [0.15, 0.2) is 59.6 Å². The molecule has 67 heavy (non-hydrogen) atoms. The molecule has 0 spiro atoms. The van der Waals surface area contributed by atoms with Gasteiger partial charge in [0, 0.05) is 62.8 Å². The molecule has 5 N–H and O–H groups in total. The van der Waals surface area contributed by atoms with Crippen LogP contribution in [0.4, 0.5) is 10.9 Å². The highest BCUT2D eigenvalue weighted by Gasteiger charge is 2.42. The van der Waals surface area contributed by atoms with Gasteiger partial charge in [-0.3, -0.25) is 19.2 Å². The summed E-state index contributed by atoms with van der Waals surface area (Å²) in [6.07, 6.45) is 8.71. The number of likely N-dealkylation sites (tertiary alicyclic amines) is 1. The number of rotatable bonds is 26. The number of amides is 4. The van der Waals surface area contributed by atoms with Crippen molar-refractivity contribution in [2.24, 2.45) is 10.8 Å². The van der Waals surface area contributed by atoms with Gasteiger partial charge in [-0.15, -0.1) is 22.7 Å². The maximum atomic E-state index is 13.9. The van der Waals surface area contributed by atoms with Crippen LogP contribution in [0, 0.1) is 17.8 Å². The minimum absolute atomic E-state index is 0.0653. The number of nitrogens with zero attached hydrogens (tertiary/aromatic N) is 4. The van der Waals surface area contributed by atoms with Crippen molar-refractivity contribution in [1.29, 1.82) is 0 Å². The number of hydrogen-bond donors (Lipinski definition) is 5. The molecule has 0 bridgehead atoms. The Hall–Kier alpha value is -4.85. The van der Waals surface area contributed by atoms with E-state index in [1.54, 1.807) is 22.4 Å². The molecule has 1 aliphatic heterocycles. The fourth-order valence-corrected chi connectivity index (χ4v) is 9.90. The Morgan fingerprint density at radius 3 is 2.27 bits per heavy atom. The van der Waals surface area contributed by atoms with Crippen LogP contribution in [0.5, 0.6) is 0 Å². The van der Waals surface area contributed by atoms with Crippen molar-refractivity contribution >= 4 is 57.3 Å². The fraction of sp³-hybridized carbons (Fsp3) is 0.571. The van der Waals surface area contributed by atoms with Crippen LogP contribution in [-0.2, 0) is 46.4 Å². The zero-order valence-electron chi connectivity index (χ0n) is 39.5. The van der Waals surface area contributed by atoms with E-state index in [0.717, 1.165) is 76.9 Å². The molecule has 4 aromatic rings. The number of thiazole rings is 2. The van der Waals surface area contributed by atoms with Crippen LogP contribution < -0.4 is 26.6 Å². The molecule has 1 unspecified atom stereocenters. The highest BCUT2D eigenvalue weighted by molar-refractivity contribution is 7.13. The molecule has 1 saturated carbocycles. The molecule has 4 heterocycles. The number of aromatic nitrogens is 3. The molecule has 4 amide bonds. The largest absolute Gasteiger partial charge is 0.378 e. The topological polar surface area (TPSA) is 198 Å². The number of hydrogen-bond acceptors (Lipinski definition) is 14. The lowest BCUT2D eigenvalue weighted by molar-refractivity contribution is -0.143. The highest BCUT2D eigenvalue weighted by Crippen LogP contribution is 2.39. The van der Waals surface area contributed by atoms with E-state index >= 15 is 0 Å². The summed E-state index contributed by atoms with van der Waals surface area (Å²) in [4.78, 5) is 70.1. The standard InChI is InChI=1S/C49H69N9O7S2/c1-35-42(67-34-54-35)37-15-13-36(14-16-37)33-53-44(60)39-11-9-24-58(39)45(61)43(48(2,3)4)57-41(59)17-20-50-21-25-63-27-29-65-30-28-64-26-22-51-46(62)49(18-6-5-7-19-49)32-38-10-8-12-40(55-38)56-47-52-23-31-66-47/h8,10,12-16,23,31,34,39,43,50H,5-7,9,11,17-22,24-30,32-33H2,1-4H3,(H,51,62)(H,53,60)(H,57,59)(H,52,55,56)/t39-,43?/m0/s1. The lowest BCUT2D eigenvalue weighted by Gasteiger charge is -2.35. The maximum absolute atomic E-state index is 13.9. The second-order valence-corrected chi connectivity index (χ2v) is 20.1. The smallest absolute Gasteiger partial charge is 0.246 e. The quantitative estimate of drug-likeness (QED) is 0.0449. The first-order valence-corrected chi connectivity index (χ1v) is 25.4.